The van der Waals surface area contributed by atoms with Gasteiger partial charge in [-0.05, 0) is 60.6 Å². The molecule has 2 heteroatoms. The van der Waals surface area contributed by atoms with Crippen LogP contribution in [0.2, 0.25) is 0 Å². The fraction of sp³-hybridized carbons (Fsp3) is 0.294. The molecule has 0 aromatic heterocycles. The molecule has 0 saturated heterocycles. The maximum absolute atomic E-state index is 12.8. The molecule has 0 amide bonds. The smallest absolute Gasteiger partial charge is 0.123 e. The van der Waals surface area contributed by atoms with Crippen LogP contribution in [0.5, 0.6) is 5.75 Å². The fourth-order valence-electron chi connectivity index (χ4n) is 2.12. The van der Waals surface area contributed by atoms with Gasteiger partial charge in [0.15, 0.2) is 0 Å². The first-order valence-corrected chi connectivity index (χ1v) is 6.76. The van der Waals surface area contributed by atoms with E-state index in [2.05, 4.69) is 12.1 Å². The van der Waals surface area contributed by atoms with E-state index in [-0.39, 0.29) is 5.82 Å². The van der Waals surface area contributed by atoms with E-state index in [1.54, 1.807) is 12.1 Å². The Kier molecular flexibility index (Phi) is 3.49. The van der Waals surface area contributed by atoms with Gasteiger partial charge in [0.1, 0.15) is 18.2 Å². The van der Waals surface area contributed by atoms with Crippen LogP contribution in [0, 0.1) is 11.7 Å². The van der Waals surface area contributed by atoms with E-state index < -0.39 is 0 Å². The van der Waals surface area contributed by atoms with E-state index in [1.807, 2.05) is 12.1 Å². The van der Waals surface area contributed by atoms with E-state index >= 15 is 0 Å². The molecular formula is C17H17FO. The van der Waals surface area contributed by atoms with Gasteiger partial charge in [-0.15, -0.1) is 0 Å². The van der Waals surface area contributed by atoms with E-state index in [0.29, 0.717) is 6.61 Å². The van der Waals surface area contributed by atoms with Crippen molar-refractivity contribution in [3.8, 4) is 5.75 Å². The molecule has 3 rings (SSSR count). The standard InChI is InChI=1S/C17H17FO/c18-16-7-3-15(4-8-16)12-19-17-9-5-14(6-10-17)11-13-1-2-13/h3-10,13H,1-2,11-12H2. The maximum atomic E-state index is 12.8. The predicted molar refractivity (Wildman–Crippen MR) is 73.6 cm³/mol. The number of rotatable bonds is 5. The minimum atomic E-state index is -0.215. The summed E-state index contributed by atoms with van der Waals surface area (Å²) in [6.07, 6.45) is 3.95. The highest BCUT2D eigenvalue weighted by molar-refractivity contribution is 5.28. The summed E-state index contributed by atoms with van der Waals surface area (Å²) in [4.78, 5) is 0. The van der Waals surface area contributed by atoms with Crippen LogP contribution in [-0.2, 0) is 13.0 Å². The highest BCUT2D eigenvalue weighted by atomic mass is 19.1. The van der Waals surface area contributed by atoms with Crippen LogP contribution in [0.15, 0.2) is 48.5 Å². The van der Waals surface area contributed by atoms with Crippen LogP contribution in [0.4, 0.5) is 4.39 Å². The van der Waals surface area contributed by atoms with E-state index in [0.717, 1.165) is 17.2 Å². The Hall–Kier alpha value is -1.83. The summed E-state index contributed by atoms with van der Waals surface area (Å²) < 4.78 is 18.4. The van der Waals surface area contributed by atoms with Gasteiger partial charge in [0.2, 0.25) is 0 Å². The second kappa shape index (κ2) is 5.43. The summed E-state index contributed by atoms with van der Waals surface area (Å²) in [7, 11) is 0. The van der Waals surface area contributed by atoms with Crippen molar-refractivity contribution in [3.05, 3.63) is 65.5 Å². The predicted octanol–water partition coefficient (Wildman–Crippen LogP) is 4.36. The van der Waals surface area contributed by atoms with Crippen LogP contribution in [-0.4, -0.2) is 0 Å². The van der Waals surface area contributed by atoms with Crippen molar-refractivity contribution in [2.45, 2.75) is 25.9 Å². The minimum Gasteiger partial charge on any atom is -0.489 e. The lowest BCUT2D eigenvalue weighted by Gasteiger charge is -2.07. The topological polar surface area (TPSA) is 9.23 Å². The molecule has 1 aliphatic carbocycles. The van der Waals surface area contributed by atoms with Gasteiger partial charge < -0.3 is 4.74 Å². The Morgan fingerprint density at radius 1 is 0.895 bits per heavy atom. The lowest BCUT2D eigenvalue weighted by Crippen LogP contribution is -1.96. The number of benzene rings is 2. The van der Waals surface area contributed by atoms with Gasteiger partial charge in [-0.25, -0.2) is 4.39 Å². The molecule has 0 heterocycles. The van der Waals surface area contributed by atoms with Crippen LogP contribution < -0.4 is 4.74 Å². The van der Waals surface area contributed by atoms with Gasteiger partial charge >= 0.3 is 0 Å². The molecular weight excluding hydrogens is 239 g/mol. The number of hydrogen-bond donors (Lipinski definition) is 0. The van der Waals surface area contributed by atoms with Crippen molar-refractivity contribution in [3.63, 3.8) is 0 Å². The zero-order chi connectivity index (χ0) is 13.1. The number of ether oxygens (including phenoxy) is 1. The number of halogens is 1. The molecule has 1 saturated carbocycles. The molecule has 0 atom stereocenters. The van der Waals surface area contributed by atoms with Crippen molar-refractivity contribution in [1.29, 1.82) is 0 Å². The Morgan fingerprint density at radius 3 is 2.16 bits per heavy atom. The molecule has 0 N–H and O–H groups in total. The summed E-state index contributed by atoms with van der Waals surface area (Å²) in [5, 5.41) is 0. The largest absolute Gasteiger partial charge is 0.489 e. The lowest BCUT2D eigenvalue weighted by atomic mass is 10.1. The zero-order valence-corrected chi connectivity index (χ0v) is 10.8. The average molecular weight is 256 g/mol. The molecule has 0 aliphatic heterocycles. The van der Waals surface area contributed by atoms with E-state index in [4.69, 9.17) is 4.74 Å². The fourth-order valence-corrected chi connectivity index (χ4v) is 2.12. The van der Waals surface area contributed by atoms with Gasteiger partial charge in [0.05, 0.1) is 0 Å². The zero-order valence-electron chi connectivity index (χ0n) is 10.8. The van der Waals surface area contributed by atoms with Crippen molar-refractivity contribution >= 4 is 0 Å². The van der Waals surface area contributed by atoms with Crippen molar-refractivity contribution in [2.24, 2.45) is 5.92 Å². The molecule has 1 nitrogen and oxygen atoms in total. The van der Waals surface area contributed by atoms with Gasteiger partial charge in [0, 0.05) is 0 Å². The highest BCUT2D eigenvalue weighted by Gasteiger charge is 2.21. The van der Waals surface area contributed by atoms with Gasteiger partial charge in [0.25, 0.3) is 0 Å². The summed E-state index contributed by atoms with van der Waals surface area (Å²) in [6, 6.07) is 14.7. The first kappa shape index (κ1) is 12.2. The third kappa shape index (κ3) is 3.57. The Labute approximate surface area is 113 Å². The van der Waals surface area contributed by atoms with E-state index in [9.17, 15) is 4.39 Å². The molecule has 98 valence electrons. The van der Waals surface area contributed by atoms with Crippen LogP contribution in [0.3, 0.4) is 0 Å². The monoisotopic (exact) mass is 256 g/mol. The first-order valence-electron chi connectivity index (χ1n) is 6.76. The first-order chi connectivity index (χ1) is 9.29. The van der Waals surface area contributed by atoms with Gasteiger partial charge in [-0.1, -0.05) is 24.3 Å². The molecule has 0 unspecified atom stereocenters. The maximum Gasteiger partial charge on any atom is 0.123 e. The quantitative estimate of drug-likeness (QED) is 0.772. The molecule has 1 fully saturated rings. The van der Waals surface area contributed by atoms with Gasteiger partial charge in [-0.2, -0.15) is 0 Å². The molecule has 0 bridgehead atoms. The third-order valence-corrected chi connectivity index (χ3v) is 3.46. The molecule has 19 heavy (non-hydrogen) atoms. The normalized spacial score (nSPS) is 14.4. The van der Waals surface area contributed by atoms with Gasteiger partial charge in [-0.3, -0.25) is 0 Å². The molecule has 1 aliphatic rings. The second-order valence-corrected chi connectivity index (χ2v) is 5.21. The molecule has 0 spiro atoms. The van der Waals surface area contributed by atoms with Crippen molar-refractivity contribution in [2.75, 3.05) is 0 Å². The van der Waals surface area contributed by atoms with Crippen molar-refractivity contribution < 1.29 is 9.13 Å². The third-order valence-electron chi connectivity index (χ3n) is 3.46. The Bertz CT molecular complexity index is 526. The lowest BCUT2D eigenvalue weighted by molar-refractivity contribution is 0.306. The average Bonchev–Trinajstić information content (AvgIpc) is 3.24. The Morgan fingerprint density at radius 2 is 1.53 bits per heavy atom. The summed E-state index contributed by atoms with van der Waals surface area (Å²) >= 11 is 0. The number of hydrogen-bond acceptors (Lipinski definition) is 1. The van der Waals surface area contributed by atoms with Crippen LogP contribution in [0.1, 0.15) is 24.0 Å². The van der Waals surface area contributed by atoms with Crippen LogP contribution >= 0.6 is 0 Å². The summed E-state index contributed by atoms with van der Waals surface area (Å²) in [5.41, 5.74) is 2.36. The second-order valence-electron chi connectivity index (χ2n) is 5.21. The molecule has 2 aromatic rings. The highest BCUT2D eigenvalue weighted by Crippen LogP contribution is 2.32. The summed E-state index contributed by atoms with van der Waals surface area (Å²) in [6.45, 7) is 0.474. The summed E-state index contributed by atoms with van der Waals surface area (Å²) in [5.74, 6) is 1.56. The molecule has 0 radical (unpaired) electrons. The van der Waals surface area contributed by atoms with Crippen molar-refractivity contribution in [1.82, 2.24) is 0 Å². The van der Waals surface area contributed by atoms with Crippen LogP contribution in [0.25, 0.3) is 0 Å². The minimum absolute atomic E-state index is 0.215. The SMILES string of the molecule is Fc1ccc(COc2ccc(CC3CC3)cc2)cc1. The Balaban J connectivity index is 1.55. The molecule has 2 aromatic carbocycles. The van der Waals surface area contributed by atoms with E-state index in [1.165, 1.54) is 37.0 Å².